The first-order chi connectivity index (χ1) is 17.4. The van der Waals surface area contributed by atoms with Gasteiger partial charge in [0.15, 0.2) is 0 Å². The lowest BCUT2D eigenvalue weighted by molar-refractivity contribution is -0.144. The lowest BCUT2D eigenvalue weighted by Gasteiger charge is -2.41. The molecule has 0 unspecified atom stereocenters. The van der Waals surface area contributed by atoms with Crippen LogP contribution in [0.15, 0.2) is 36.4 Å². The molecule has 2 aromatic carbocycles. The highest BCUT2D eigenvalue weighted by atomic mass is 35.5. The molecule has 4 aliphatic rings. The summed E-state index contributed by atoms with van der Waals surface area (Å²) in [6.07, 6.45) is 3.00. The quantitative estimate of drug-likeness (QED) is 0.542. The van der Waals surface area contributed by atoms with Crippen molar-refractivity contribution in [3.05, 3.63) is 63.4 Å². The molecule has 3 fully saturated rings. The molecule has 0 aromatic heterocycles. The molecule has 1 spiro atoms. The minimum Gasteiger partial charge on any atom is -0.465 e. The molecule has 1 amide bonds. The molecule has 6 nitrogen and oxygen atoms in total. The fourth-order valence-corrected chi connectivity index (χ4v) is 7.15. The van der Waals surface area contributed by atoms with Crippen LogP contribution in [0, 0.1) is 11.7 Å². The Morgan fingerprint density at radius 1 is 1.22 bits per heavy atom. The van der Waals surface area contributed by atoms with Gasteiger partial charge in [-0.05, 0) is 55.9 Å². The summed E-state index contributed by atoms with van der Waals surface area (Å²) in [5.74, 6) is -1.11. The van der Waals surface area contributed by atoms with Gasteiger partial charge >= 0.3 is 5.97 Å². The summed E-state index contributed by atoms with van der Waals surface area (Å²) in [5.41, 5.74) is 0.700. The van der Waals surface area contributed by atoms with Gasteiger partial charge < -0.3 is 10.1 Å². The van der Waals surface area contributed by atoms with E-state index in [0.717, 1.165) is 31.4 Å². The highest BCUT2D eigenvalue weighted by molar-refractivity contribution is 6.31. The number of carbonyl (C=O) groups excluding carboxylic acids is 2. The first-order valence-electron chi connectivity index (χ1n) is 12.6. The van der Waals surface area contributed by atoms with Crippen LogP contribution < -0.4 is 5.32 Å². The number of fused-ring (bicyclic) bond motifs is 3. The van der Waals surface area contributed by atoms with Gasteiger partial charge in [0.1, 0.15) is 11.4 Å². The van der Waals surface area contributed by atoms with Crippen LogP contribution >= 0.6 is 23.2 Å². The second-order valence-electron chi connectivity index (χ2n) is 10.2. The molecule has 1 N–H and O–H groups in total. The number of rotatable bonds is 6. The number of nitrogens with zero attached hydrogens (tertiary/aromatic N) is 2. The van der Waals surface area contributed by atoms with Crippen molar-refractivity contribution in [2.45, 2.75) is 49.7 Å². The molecule has 3 aliphatic heterocycles. The van der Waals surface area contributed by atoms with E-state index in [-0.39, 0.29) is 35.5 Å². The van der Waals surface area contributed by atoms with E-state index in [2.05, 4.69) is 15.1 Å². The molecule has 4 atom stereocenters. The van der Waals surface area contributed by atoms with E-state index in [4.69, 9.17) is 27.9 Å². The molecule has 2 aromatic rings. The van der Waals surface area contributed by atoms with Gasteiger partial charge in [0.05, 0.1) is 18.2 Å². The second-order valence-corrected chi connectivity index (χ2v) is 11.1. The Hall–Kier alpha value is -2.19. The monoisotopic (exact) mass is 531 g/mol. The molecule has 9 heteroatoms. The number of hydrogen-bond donors (Lipinski definition) is 1. The number of nitrogens with one attached hydrogen (secondary N) is 1. The number of hydrogen-bond acceptors (Lipinski definition) is 5. The van der Waals surface area contributed by atoms with E-state index in [0.29, 0.717) is 35.3 Å². The van der Waals surface area contributed by atoms with Crippen LogP contribution in [0.3, 0.4) is 0 Å². The summed E-state index contributed by atoms with van der Waals surface area (Å²) >= 11 is 12.6. The van der Waals surface area contributed by atoms with E-state index >= 15 is 4.39 Å². The number of carbonyl (C=O) groups is 2. The first kappa shape index (κ1) is 24.2. The number of likely N-dealkylation sites (tertiary alicyclic amines) is 2. The minimum absolute atomic E-state index is 0.0181. The highest BCUT2D eigenvalue weighted by Gasteiger charge is 2.69. The van der Waals surface area contributed by atoms with Crippen molar-refractivity contribution in [3.8, 4) is 0 Å². The van der Waals surface area contributed by atoms with E-state index in [9.17, 15) is 9.59 Å². The normalized spacial score (nSPS) is 29.4. The van der Waals surface area contributed by atoms with E-state index in [1.807, 2.05) is 6.07 Å². The number of anilines is 1. The van der Waals surface area contributed by atoms with Gasteiger partial charge in [-0.15, -0.1) is 0 Å². The van der Waals surface area contributed by atoms with Crippen LogP contribution in [0.1, 0.15) is 43.2 Å². The Morgan fingerprint density at radius 2 is 2.03 bits per heavy atom. The van der Waals surface area contributed by atoms with Crippen LogP contribution in [0.4, 0.5) is 10.1 Å². The maximum Gasteiger partial charge on any atom is 0.320 e. The molecule has 1 saturated carbocycles. The number of halogens is 3. The van der Waals surface area contributed by atoms with Gasteiger partial charge in [0.25, 0.3) is 0 Å². The molecule has 3 heterocycles. The van der Waals surface area contributed by atoms with Crippen molar-refractivity contribution in [1.82, 2.24) is 9.80 Å². The molecule has 190 valence electrons. The lowest BCUT2D eigenvalue weighted by atomic mass is 9.73. The molecule has 0 radical (unpaired) electrons. The first-order valence-corrected chi connectivity index (χ1v) is 13.3. The van der Waals surface area contributed by atoms with Crippen LogP contribution in [0.5, 0.6) is 0 Å². The lowest BCUT2D eigenvalue weighted by Crippen LogP contribution is -2.53. The van der Waals surface area contributed by atoms with Gasteiger partial charge in [0.2, 0.25) is 5.91 Å². The van der Waals surface area contributed by atoms with Crippen molar-refractivity contribution in [2.75, 3.05) is 31.6 Å². The van der Waals surface area contributed by atoms with Crippen LogP contribution in [-0.4, -0.2) is 60.0 Å². The third-order valence-electron chi connectivity index (χ3n) is 8.27. The minimum atomic E-state index is -1.14. The molecule has 6 rings (SSSR count). The largest absolute Gasteiger partial charge is 0.465 e. The molecular weight excluding hydrogens is 504 g/mol. The van der Waals surface area contributed by atoms with Crippen molar-refractivity contribution >= 4 is 40.8 Å². The highest BCUT2D eigenvalue weighted by Crippen LogP contribution is 2.61. The Balaban J connectivity index is 1.57. The van der Waals surface area contributed by atoms with Crippen molar-refractivity contribution in [2.24, 2.45) is 5.92 Å². The van der Waals surface area contributed by atoms with Crippen molar-refractivity contribution in [1.29, 1.82) is 0 Å². The summed E-state index contributed by atoms with van der Waals surface area (Å²) in [4.78, 5) is 31.1. The predicted octanol–water partition coefficient (Wildman–Crippen LogP) is 4.80. The van der Waals surface area contributed by atoms with Gasteiger partial charge in [-0.1, -0.05) is 41.4 Å². The molecular formula is C27H28Cl2FN3O3. The maximum atomic E-state index is 15.8. The third kappa shape index (κ3) is 3.58. The van der Waals surface area contributed by atoms with Gasteiger partial charge in [-0.3, -0.25) is 19.4 Å². The molecule has 0 bridgehead atoms. The van der Waals surface area contributed by atoms with Crippen LogP contribution in [-0.2, 0) is 19.9 Å². The number of benzene rings is 2. The SMILES string of the molecule is CCOC(=O)CN1CC[C@H]2[C@@H]1[C@H](c1cccc(Cl)c1F)[C@]1(C(=O)Nc3cc(Cl)ccc31)N2CC1CC1. The standard InChI is InChI=1S/C27H28Cl2FN3O3/c1-2-36-22(34)14-32-11-10-21-25(32)23(17-4-3-5-19(29)24(17)30)27(33(21)13-15-6-7-15)18-9-8-16(28)12-20(18)31-26(27)35/h3-5,8-9,12,15,21,23,25H,2,6-7,10-11,13-14H2,1H3,(H,31,35)/t21-,23-,25+,27+/m0/s1. The van der Waals surface area contributed by atoms with Gasteiger partial charge in [0, 0.05) is 47.4 Å². The number of amides is 1. The summed E-state index contributed by atoms with van der Waals surface area (Å²) < 4.78 is 21.1. The summed E-state index contributed by atoms with van der Waals surface area (Å²) in [7, 11) is 0. The Bertz CT molecular complexity index is 1240. The van der Waals surface area contributed by atoms with Crippen molar-refractivity contribution < 1.29 is 18.7 Å². The van der Waals surface area contributed by atoms with Crippen LogP contribution in [0.2, 0.25) is 10.0 Å². The van der Waals surface area contributed by atoms with E-state index < -0.39 is 17.3 Å². The summed E-state index contributed by atoms with van der Waals surface area (Å²) in [6.45, 7) is 3.57. The van der Waals surface area contributed by atoms with Crippen LogP contribution in [0.25, 0.3) is 0 Å². The zero-order valence-corrected chi connectivity index (χ0v) is 21.5. The molecule has 2 saturated heterocycles. The topological polar surface area (TPSA) is 61.9 Å². The van der Waals surface area contributed by atoms with Gasteiger partial charge in [-0.25, -0.2) is 4.39 Å². The van der Waals surface area contributed by atoms with E-state index in [1.54, 1.807) is 31.2 Å². The Labute approximate surface area is 219 Å². The summed E-state index contributed by atoms with van der Waals surface area (Å²) in [6, 6.07) is 10.1. The Kier molecular flexibility index (Phi) is 6.03. The maximum absolute atomic E-state index is 15.8. The van der Waals surface area contributed by atoms with Gasteiger partial charge in [-0.2, -0.15) is 0 Å². The van der Waals surface area contributed by atoms with Crippen molar-refractivity contribution in [3.63, 3.8) is 0 Å². The fourth-order valence-electron chi connectivity index (χ4n) is 6.79. The van der Waals surface area contributed by atoms with E-state index in [1.165, 1.54) is 6.07 Å². The molecule has 36 heavy (non-hydrogen) atoms. The predicted molar refractivity (Wildman–Crippen MR) is 136 cm³/mol. The Morgan fingerprint density at radius 3 is 2.78 bits per heavy atom. The zero-order chi connectivity index (χ0) is 25.2. The average molecular weight is 532 g/mol. The number of ether oxygens (including phenoxy) is 1. The second kappa shape index (κ2) is 8.98. The smallest absolute Gasteiger partial charge is 0.320 e. The average Bonchev–Trinajstić information content (AvgIpc) is 3.42. The fraction of sp³-hybridized carbons (Fsp3) is 0.481. The number of esters is 1. The summed E-state index contributed by atoms with van der Waals surface area (Å²) in [5, 5.41) is 3.60. The zero-order valence-electron chi connectivity index (χ0n) is 20.0. The molecule has 1 aliphatic carbocycles. The third-order valence-corrected chi connectivity index (χ3v) is 8.79.